The molecule has 1 aromatic heterocycles. The Labute approximate surface area is 188 Å². The fraction of sp³-hybridized carbons (Fsp3) is 0.250. The number of thiophene rings is 1. The zero-order valence-electron chi connectivity index (χ0n) is 17.5. The van der Waals surface area contributed by atoms with Gasteiger partial charge in [-0.2, -0.15) is 0 Å². The quantitative estimate of drug-likeness (QED) is 0.496. The highest BCUT2D eigenvalue weighted by atomic mass is 32.2. The number of ether oxygens (including phenoxy) is 1. The van der Waals surface area contributed by atoms with Crippen molar-refractivity contribution in [2.75, 3.05) is 23.7 Å². The molecule has 2 heterocycles. The Kier molecular flexibility index (Phi) is 6.34. The van der Waals surface area contributed by atoms with Crippen molar-refractivity contribution in [3.63, 3.8) is 0 Å². The minimum absolute atomic E-state index is 0.0531. The highest BCUT2D eigenvalue weighted by molar-refractivity contribution is 8.01. The van der Waals surface area contributed by atoms with Crippen LogP contribution in [-0.4, -0.2) is 40.3 Å². The van der Waals surface area contributed by atoms with Crippen LogP contribution < -0.4 is 9.04 Å². The third-order valence-corrected chi connectivity index (χ3v) is 8.38. The molecule has 162 valence electrons. The number of hydrogen-bond acceptors (Lipinski definition) is 4. The number of benzene rings is 2. The second-order valence-corrected chi connectivity index (χ2v) is 11.0. The molecule has 1 atom stereocenters. The van der Waals surface area contributed by atoms with E-state index in [4.69, 9.17) is 4.74 Å². The van der Waals surface area contributed by atoms with Gasteiger partial charge in [0.1, 0.15) is 5.75 Å². The maximum absolute atomic E-state index is 13.4. The van der Waals surface area contributed by atoms with Gasteiger partial charge in [-0.25, -0.2) is 4.21 Å². The van der Waals surface area contributed by atoms with Gasteiger partial charge >= 0.3 is 0 Å². The number of para-hydroxylation sites is 1. The molecular weight excluding hydrogens is 428 g/mol. The average molecular weight is 455 g/mol. The van der Waals surface area contributed by atoms with Crippen molar-refractivity contribution >= 4 is 38.5 Å². The van der Waals surface area contributed by atoms with Crippen LogP contribution in [0.2, 0.25) is 0 Å². The molecule has 1 fully saturated rings. The summed E-state index contributed by atoms with van der Waals surface area (Å²) in [5.41, 5.74) is 2.41. The van der Waals surface area contributed by atoms with E-state index in [-0.39, 0.29) is 5.91 Å². The first kappa shape index (κ1) is 21.5. The Hall–Kier alpha value is -2.77. The van der Waals surface area contributed by atoms with Crippen LogP contribution in [0.5, 0.6) is 5.75 Å². The van der Waals surface area contributed by atoms with E-state index in [2.05, 4.69) is 5.87 Å². The van der Waals surface area contributed by atoms with E-state index >= 15 is 0 Å². The summed E-state index contributed by atoms with van der Waals surface area (Å²) in [6, 6.07) is 19.2. The van der Waals surface area contributed by atoms with Gasteiger partial charge in [0.25, 0.3) is 5.91 Å². The van der Waals surface area contributed by atoms with Crippen molar-refractivity contribution in [2.24, 2.45) is 0 Å². The Morgan fingerprint density at radius 2 is 1.90 bits per heavy atom. The van der Waals surface area contributed by atoms with Crippen LogP contribution in [0.4, 0.5) is 5.69 Å². The van der Waals surface area contributed by atoms with Gasteiger partial charge in [-0.1, -0.05) is 24.3 Å². The Balaban J connectivity index is 1.59. The second-order valence-electron chi connectivity index (χ2n) is 7.53. The second kappa shape index (κ2) is 9.16. The topological polar surface area (TPSA) is 49.9 Å². The Morgan fingerprint density at radius 1 is 1.13 bits per heavy atom. The molecule has 0 N–H and O–H groups in total. The summed E-state index contributed by atoms with van der Waals surface area (Å²) >= 11 is 1.63. The Morgan fingerprint density at radius 3 is 2.55 bits per heavy atom. The number of carbonyl (C=O) groups is 1. The van der Waals surface area contributed by atoms with Crippen LogP contribution in [0.25, 0.3) is 0 Å². The lowest BCUT2D eigenvalue weighted by molar-refractivity contribution is 0.0730. The lowest BCUT2D eigenvalue weighted by atomic mass is 10.1. The fourth-order valence-electron chi connectivity index (χ4n) is 3.81. The molecule has 0 radical (unpaired) electrons. The minimum atomic E-state index is -2.25. The lowest BCUT2D eigenvalue weighted by Crippen LogP contribution is -2.30. The smallest absolute Gasteiger partial charge is 0.254 e. The van der Waals surface area contributed by atoms with Crippen molar-refractivity contribution in [3.8, 4) is 5.75 Å². The fourth-order valence-corrected chi connectivity index (χ4v) is 6.30. The zero-order chi connectivity index (χ0) is 21.8. The summed E-state index contributed by atoms with van der Waals surface area (Å²) in [5.74, 6) is 5.21. The van der Waals surface area contributed by atoms with Gasteiger partial charge in [0.2, 0.25) is 0 Å². The van der Waals surface area contributed by atoms with E-state index in [1.165, 1.54) is 0 Å². The third-order valence-electron chi connectivity index (χ3n) is 5.40. The number of amides is 1. The van der Waals surface area contributed by atoms with Crippen molar-refractivity contribution < 1.29 is 13.7 Å². The van der Waals surface area contributed by atoms with E-state index in [9.17, 15) is 9.00 Å². The molecule has 0 spiro atoms. The van der Waals surface area contributed by atoms with Crippen LogP contribution >= 0.6 is 11.3 Å². The molecule has 3 aromatic rings. The van der Waals surface area contributed by atoms with Crippen LogP contribution in [0.1, 0.15) is 27.2 Å². The van der Waals surface area contributed by atoms with Crippen molar-refractivity contribution in [1.82, 2.24) is 4.90 Å². The summed E-state index contributed by atoms with van der Waals surface area (Å²) < 4.78 is 20.0. The molecule has 31 heavy (non-hydrogen) atoms. The normalized spacial score (nSPS) is 18.2. The number of nitrogens with zero attached hydrogens (tertiary/aromatic N) is 2. The van der Waals surface area contributed by atoms with Crippen LogP contribution in [-0.2, 0) is 22.8 Å². The molecule has 1 amide bonds. The number of hydrogen-bond donors (Lipinski definition) is 0. The van der Waals surface area contributed by atoms with Gasteiger partial charge < -0.3 is 9.64 Å². The lowest BCUT2D eigenvalue weighted by Gasteiger charge is -2.24. The van der Waals surface area contributed by atoms with Gasteiger partial charge in [-0.05, 0) is 54.1 Å². The number of rotatable bonds is 7. The van der Waals surface area contributed by atoms with Gasteiger partial charge in [-0.15, -0.1) is 11.3 Å². The standard InChI is InChI=1S/C24H26N2O3S2/c1-29-23-9-4-3-7-20(23)17-25(18-22-8-5-15-30-22)24(27)19-10-12-21(13-11-19)26-14-6-16-31(26,2)28/h3-5,7-13,15H,2,6,14,16-18H2,1H3. The van der Waals surface area contributed by atoms with E-state index in [0.29, 0.717) is 24.4 Å². The number of methoxy groups -OCH3 is 1. The number of anilines is 1. The first-order valence-corrected chi connectivity index (χ1v) is 12.9. The molecule has 0 aliphatic carbocycles. The SMILES string of the molecule is C=S1(=O)CCCN1c1ccc(C(=O)N(Cc2cccs2)Cc2ccccc2OC)cc1. The predicted molar refractivity (Wildman–Crippen MR) is 129 cm³/mol. The summed E-state index contributed by atoms with van der Waals surface area (Å²) in [7, 11) is -0.606. The third kappa shape index (κ3) is 4.78. The summed E-state index contributed by atoms with van der Waals surface area (Å²) in [5, 5.41) is 2.02. The van der Waals surface area contributed by atoms with Crippen LogP contribution in [0.3, 0.4) is 0 Å². The largest absolute Gasteiger partial charge is 0.496 e. The monoisotopic (exact) mass is 454 g/mol. The molecule has 1 aliphatic rings. The van der Waals surface area contributed by atoms with E-state index < -0.39 is 9.71 Å². The number of carbonyl (C=O) groups excluding carboxylic acids is 1. The molecule has 0 bridgehead atoms. The van der Waals surface area contributed by atoms with E-state index in [1.807, 2.05) is 75.2 Å². The molecule has 2 aromatic carbocycles. The Bertz CT molecular complexity index is 1140. The summed E-state index contributed by atoms with van der Waals surface area (Å²) in [4.78, 5) is 16.4. The molecule has 4 rings (SSSR count). The average Bonchev–Trinajstić information content (AvgIpc) is 3.42. The van der Waals surface area contributed by atoms with Crippen LogP contribution in [0.15, 0.2) is 66.0 Å². The van der Waals surface area contributed by atoms with E-state index in [1.54, 1.807) is 18.4 Å². The maximum Gasteiger partial charge on any atom is 0.254 e. The summed E-state index contributed by atoms with van der Waals surface area (Å²) in [6.07, 6.45) is 0.872. The zero-order valence-corrected chi connectivity index (χ0v) is 19.2. The first-order valence-electron chi connectivity index (χ1n) is 10.1. The molecule has 1 saturated heterocycles. The van der Waals surface area contributed by atoms with Crippen molar-refractivity contribution in [3.05, 3.63) is 82.0 Å². The molecule has 7 heteroatoms. The van der Waals surface area contributed by atoms with E-state index in [0.717, 1.165) is 34.8 Å². The van der Waals surface area contributed by atoms with Crippen molar-refractivity contribution in [2.45, 2.75) is 19.5 Å². The minimum Gasteiger partial charge on any atom is -0.496 e. The van der Waals surface area contributed by atoms with Crippen molar-refractivity contribution in [1.29, 1.82) is 0 Å². The van der Waals surface area contributed by atoms with Crippen LogP contribution in [0, 0.1) is 0 Å². The first-order chi connectivity index (χ1) is 15.0. The highest BCUT2D eigenvalue weighted by Gasteiger charge is 2.24. The highest BCUT2D eigenvalue weighted by Crippen LogP contribution is 2.26. The predicted octanol–water partition coefficient (Wildman–Crippen LogP) is 4.44. The molecule has 1 unspecified atom stereocenters. The summed E-state index contributed by atoms with van der Waals surface area (Å²) in [6.45, 7) is 1.70. The van der Waals surface area contributed by atoms with Gasteiger partial charge in [0.15, 0.2) is 0 Å². The maximum atomic E-state index is 13.4. The molecular formula is C24H26N2O3S2. The van der Waals surface area contributed by atoms with Gasteiger partial charge in [-0.3, -0.25) is 9.10 Å². The molecule has 1 aliphatic heterocycles. The van der Waals surface area contributed by atoms with Gasteiger partial charge in [0, 0.05) is 43.7 Å². The molecule has 0 saturated carbocycles. The molecule has 5 nitrogen and oxygen atoms in total. The van der Waals surface area contributed by atoms with Gasteiger partial charge in [0.05, 0.1) is 20.2 Å².